The molecule has 0 aliphatic heterocycles. The van der Waals surface area contributed by atoms with Crippen LogP contribution in [0.15, 0.2) is 61.2 Å². The van der Waals surface area contributed by atoms with Gasteiger partial charge >= 0.3 is 0 Å². The maximum Gasteiger partial charge on any atom is 0.227 e. The molecule has 0 spiro atoms. The molecule has 0 radical (unpaired) electrons. The zero-order chi connectivity index (χ0) is 18.9. The zero-order valence-electron chi connectivity index (χ0n) is 15.2. The molecule has 2 rings (SSSR count). The molecule has 0 fully saturated rings. The molecular formula is C21H24N2O3. The first kappa shape index (κ1) is 19.2. The summed E-state index contributed by atoms with van der Waals surface area (Å²) in [6.07, 6.45) is 2.01. The molecule has 0 aliphatic carbocycles. The smallest absolute Gasteiger partial charge is 0.227 e. The average molecular weight is 352 g/mol. The summed E-state index contributed by atoms with van der Waals surface area (Å²) in [5.41, 5.74) is 2.66. The van der Waals surface area contributed by atoms with Crippen molar-refractivity contribution in [1.29, 1.82) is 0 Å². The number of amides is 2. The van der Waals surface area contributed by atoms with Gasteiger partial charge in [0.25, 0.3) is 0 Å². The van der Waals surface area contributed by atoms with E-state index in [1.807, 2.05) is 36.4 Å². The van der Waals surface area contributed by atoms with Crippen LogP contribution in [0.1, 0.15) is 18.1 Å². The van der Waals surface area contributed by atoms with Crippen LogP contribution in [-0.2, 0) is 22.6 Å². The average Bonchev–Trinajstić information content (AvgIpc) is 2.62. The van der Waals surface area contributed by atoms with Gasteiger partial charge in [-0.15, -0.1) is 0 Å². The van der Waals surface area contributed by atoms with Crippen LogP contribution < -0.4 is 10.1 Å². The minimum Gasteiger partial charge on any atom is -0.490 e. The molecule has 0 unspecified atom stereocenters. The van der Waals surface area contributed by atoms with Crippen LogP contribution in [0.25, 0.3) is 0 Å². The van der Waals surface area contributed by atoms with E-state index in [-0.39, 0.29) is 11.8 Å². The van der Waals surface area contributed by atoms with E-state index in [0.717, 1.165) is 22.6 Å². The number of nitrogens with zero attached hydrogens (tertiary/aromatic N) is 1. The first-order valence-electron chi connectivity index (χ1n) is 8.41. The summed E-state index contributed by atoms with van der Waals surface area (Å²) in [5, 5.41) is 2.71. The van der Waals surface area contributed by atoms with Crippen LogP contribution in [-0.4, -0.2) is 30.4 Å². The lowest BCUT2D eigenvalue weighted by Crippen LogP contribution is -2.27. The molecule has 1 N–H and O–H groups in total. The summed E-state index contributed by atoms with van der Waals surface area (Å²) >= 11 is 0. The number of hydrogen-bond donors (Lipinski definition) is 1. The fraction of sp³-hybridized carbons (Fsp3) is 0.238. The number of carbonyl (C=O) groups is 2. The van der Waals surface area contributed by atoms with E-state index in [9.17, 15) is 9.59 Å². The van der Waals surface area contributed by atoms with Gasteiger partial charge in [0.15, 0.2) is 0 Å². The summed E-state index contributed by atoms with van der Waals surface area (Å²) in [7, 11) is 1.79. The number of nitrogens with one attached hydrogen (secondary N) is 1. The van der Waals surface area contributed by atoms with E-state index in [1.54, 1.807) is 30.2 Å². The third-order valence-corrected chi connectivity index (χ3v) is 3.77. The summed E-state index contributed by atoms with van der Waals surface area (Å²) in [6.45, 7) is 6.08. The Morgan fingerprint density at radius 2 is 1.69 bits per heavy atom. The van der Waals surface area contributed by atoms with Crippen LogP contribution in [0.3, 0.4) is 0 Å². The van der Waals surface area contributed by atoms with Crippen molar-refractivity contribution in [2.75, 3.05) is 19.0 Å². The summed E-state index contributed by atoms with van der Waals surface area (Å²) in [4.78, 5) is 25.1. The minimum absolute atomic E-state index is 0.0317. The molecule has 2 amide bonds. The van der Waals surface area contributed by atoms with Crippen LogP contribution in [0.4, 0.5) is 5.69 Å². The predicted molar refractivity (Wildman–Crippen MR) is 103 cm³/mol. The van der Waals surface area contributed by atoms with Crippen LogP contribution in [0, 0.1) is 0 Å². The number of carbonyl (C=O) groups excluding carboxylic acids is 2. The summed E-state index contributed by atoms with van der Waals surface area (Å²) in [5.74, 6) is 0.695. The first-order valence-corrected chi connectivity index (χ1v) is 8.41. The molecule has 26 heavy (non-hydrogen) atoms. The Morgan fingerprint density at radius 3 is 2.27 bits per heavy atom. The van der Waals surface area contributed by atoms with Gasteiger partial charge in [-0.3, -0.25) is 9.59 Å². The Labute approximate surface area is 154 Å². The molecular weight excluding hydrogens is 328 g/mol. The quantitative estimate of drug-likeness (QED) is 0.741. The number of ether oxygens (including phenoxy) is 1. The van der Waals surface area contributed by atoms with Gasteiger partial charge in [-0.05, 0) is 35.4 Å². The highest BCUT2D eigenvalue weighted by Crippen LogP contribution is 2.15. The molecule has 136 valence electrons. The Bertz CT molecular complexity index is 752. The van der Waals surface area contributed by atoms with E-state index >= 15 is 0 Å². The van der Waals surface area contributed by atoms with E-state index in [4.69, 9.17) is 4.74 Å². The lowest BCUT2D eigenvalue weighted by Gasteiger charge is -2.18. The van der Waals surface area contributed by atoms with E-state index in [0.29, 0.717) is 19.6 Å². The molecule has 2 aromatic rings. The van der Waals surface area contributed by atoms with Gasteiger partial charge in [-0.25, -0.2) is 0 Å². The Morgan fingerprint density at radius 1 is 1.08 bits per heavy atom. The maximum absolute atomic E-state index is 12.4. The third-order valence-electron chi connectivity index (χ3n) is 3.77. The van der Waals surface area contributed by atoms with Crippen LogP contribution >= 0.6 is 0 Å². The second kappa shape index (κ2) is 9.42. The summed E-state index contributed by atoms with van der Waals surface area (Å²) < 4.78 is 5.45. The number of hydrogen-bond acceptors (Lipinski definition) is 3. The second-order valence-electron chi connectivity index (χ2n) is 6.05. The minimum atomic E-state index is -0.116. The van der Waals surface area contributed by atoms with Crippen molar-refractivity contribution in [2.24, 2.45) is 0 Å². The highest BCUT2D eigenvalue weighted by molar-refractivity contribution is 5.88. The first-order chi connectivity index (χ1) is 12.5. The fourth-order valence-electron chi connectivity index (χ4n) is 2.43. The third kappa shape index (κ3) is 6.09. The zero-order valence-corrected chi connectivity index (χ0v) is 15.2. The van der Waals surface area contributed by atoms with Gasteiger partial charge in [-0.1, -0.05) is 36.9 Å². The normalized spacial score (nSPS) is 10.1. The number of anilines is 1. The number of likely N-dealkylation sites (N-methyl/N-ethyl adjacent to an activating group) is 1. The Kier molecular flexibility index (Phi) is 6.97. The standard InChI is InChI=1S/C21H24N2O3/c1-4-13-26-20-11-7-18(8-12-20)15-23(3)21(25)14-17-5-9-19(10-6-17)22-16(2)24/h4-12H,1,13-15H2,2-3H3,(H,22,24). The Balaban J connectivity index is 1.88. The van der Waals surface area contributed by atoms with Gasteiger partial charge in [-0.2, -0.15) is 0 Å². The molecule has 0 saturated carbocycles. The Hall–Kier alpha value is -3.08. The van der Waals surface area contributed by atoms with Gasteiger partial charge in [0.05, 0.1) is 6.42 Å². The van der Waals surface area contributed by atoms with Crippen molar-refractivity contribution in [3.8, 4) is 5.75 Å². The number of rotatable bonds is 8. The lowest BCUT2D eigenvalue weighted by atomic mass is 10.1. The van der Waals surface area contributed by atoms with Crippen molar-refractivity contribution in [3.05, 3.63) is 72.3 Å². The predicted octanol–water partition coefficient (Wildman–Crippen LogP) is 3.41. The molecule has 0 atom stereocenters. The van der Waals surface area contributed by atoms with Crippen molar-refractivity contribution >= 4 is 17.5 Å². The van der Waals surface area contributed by atoms with Crippen molar-refractivity contribution in [2.45, 2.75) is 19.9 Å². The molecule has 0 aliphatic rings. The van der Waals surface area contributed by atoms with E-state index in [2.05, 4.69) is 11.9 Å². The molecule has 5 heteroatoms. The van der Waals surface area contributed by atoms with Gasteiger partial charge < -0.3 is 15.0 Å². The lowest BCUT2D eigenvalue weighted by molar-refractivity contribution is -0.129. The SMILES string of the molecule is C=CCOc1ccc(CN(C)C(=O)Cc2ccc(NC(C)=O)cc2)cc1. The molecule has 0 bridgehead atoms. The molecule has 2 aromatic carbocycles. The largest absolute Gasteiger partial charge is 0.490 e. The second-order valence-corrected chi connectivity index (χ2v) is 6.05. The van der Waals surface area contributed by atoms with Crippen LogP contribution in [0.5, 0.6) is 5.75 Å². The van der Waals surface area contributed by atoms with Crippen LogP contribution in [0.2, 0.25) is 0 Å². The topological polar surface area (TPSA) is 58.6 Å². The maximum atomic E-state index is 12.4. The molecule has 0 aromatic heterocycles. The number of benzene rings is 2. The highest BCUT2D eigenvalue weighted by atomic mass is 16.5. The van der Waals surface area contributed by atoms with E-state index in [1.165, 1.54) is 6.92 Å². The molecule has 0 heterocycles. The van der Waals surface area contributed by atoms with Gasteiger partial charge in [0.2, 0.25) is 11.8 Å². The fourth-order valence-corrected chi connectivity index (χ4v) is 2.43. The van der Waals surface area contributed by atoms with Crippen molar-refractivity contribution in [3.63, 3.8) is 0 Å². The molecule has 5 nitrogen and oxygen atoms in total. The monoisotopic (exact) mass is 352 g/mol. The van der Waals surface area contributed by atoms with E-state index < -0.39 is 0 Å². The van der Waals surface area contributed by atoms with Gasteiger partial charge in [0, 0.05) is 26.2 Å². The summed E-state index contributed by atoms with van der Waals surface area (Å²) in [6, 6.07) is 15.0. The highest BCUT2D eigenvalue weighted by Gasteiger charge is 2.10. The van der Waals surface area contributed by atoms with Gasteiger partial charge in [0.1, 0.15) is 12.4 Å². The van der Waals surface area contributed by atoms with Crippen molar-refractivity contribution < 1.29 is 14.3 Å². The molecule has 0 saturated heterocycles. The van der Waals surface area contributed by atoms with Crippen molar-refractivity contribution in [1.82, 2.24) is 4.90 Å².